The summed E-state index contributed by atoms with van der Waals surface area (Å²) >= 11 is -0.960. The van der Waals surface area contributed by atoms with Gasteiger partial charge in [0, 0.05) is 0 Å². The normalized spacial score (nSPS) is 6.50. The summed E-state index contributed by atoms with van der Waals surface area (Å²) in [5.74, 6) is 0. The molecule has 0 aliphatic heterocycles. The van der Waals surface area contributed by atoms with E-state index in [-0.39, 0.29) is 0 Å². The zero-order valence-corrected chi connectivity index (χ0v) is 6.58. The predicted molar refractivity (Wildman–Crippen MR) is 25.1 cm³/mol. The van der Waals surface area contributed by atoms with Crippen molar-refractivity contribution in [3.05, 3.63) is 0 Å². The molecule has 0 spiro atoms. The van der Waals surface area contributed by atoms with Crippen LogP contribution in [0.15, 0.2) is 0 Å². The average Bonchev–Trinajstić information content (AvgIpc) is 0.811. The molecule has 0 aromatic carbocycles. The molecular formula is C2H6SSn. The molecular weight excluding hydrogens is 175 g/mol. The third-order valence-electron chi connectivity index (χ3n) is 0. The Morgan fingerprint density at radius 3 is 1.50 bits per heavy atom. The van der Waals surface area contributed by atoms with Gasteiger partial charge in [-0.05, 0) is 0 Å². The average molecular weight is 181 g/mol. The minimum absolute atomic E-state index is 0.960. The van der Waals surface area contributed by atoms with Gasteiger partial charge in [0.25, 0.3) is 0 Å². The van der Waals surface area contributed by atoms with E-state index in [1.165, 1.54) is 0 Å². The van der Waals surface area contributed by atoms with Gasteiger partial charge in [-0.15, -0.1) is 0 Å². The van der Waals surface area contributed by atoms with E-state index in [1.807, 2.05) is 0 Å². The molecule has 0 atom stereocenters. The minimum atomic E-state index is -0.960. The SMILES string of the molecule is [CH3][Sn]([CH3])=[S]. The molecule has 0 aliphatic rings. The standard InChI is InChI=1S/2CH3.S.Sn/h2*1H3;;. The van der Waals surface area contributed by atoms with E-state index in [4.69, 9.17) is 9.29 Å². The van der Waals surface area contributed by atoms with Gasteiger partial charge in [0.1, 0.15) is 0 Å². The van der Waals surface area contributed by atoms with Gasteiger partial charge in [-0.3, -0.25) is 0 Å². The Kier molecular flexibility index (Phi) is 2.85. The number of rotatable bonds is 0. The van der Waals surface area contributed by atoms with Crippen molar-refractivity contribution in [2.75, 3.05) is 0 Å². The first-order valence-corrected chi connectivity index (χ1v) is 10.8. The zero-order valence-electron chi connectivity index (χ0n) is 2.91. The fourth-order valence-electron chi connectivity index (χ4n) is 0. The summed E-state index contributed by atoms with van der Waals surface area (Å²) in [6.07, 6.45) is 0. The quantitative estimate of drug-likeness (QED) is 0.509. The molecule has 4 heavy (non-hydrogen) atoms. The molecule has 0 N–H and O–H groups in total. The van der Waals surface area contributed by atoms with Crippen LogP contribution in [0.1, 0.15) is 0 Å². The molecule has 0 rings (SSSR count). The van der Waals surface area contributed by atoms with Crippen LogP contribution in [0.4, 0.5) is 0 Å². The molecule has 0 unspecified atom stereocenters. The molecule has 0 heterocycles. The topological polar surface area (TPSA) is 0 Å². The van der Waals surface area contributed by atoms with Crippen LogP contribution in [0.5, 0.6) is 0 Å². The van der Waals surface area contributed by atoms with Crippen LogP contribution in [0.3, 0.4) is 0 Å². The molecule has 0 aliphatic carbocycles. The van der Waals surface area contributed by atoms with Crippen molar-refractivity contribution in [3.63, 3.8) is 0 Å². The Balaban J connectivity index is 2.80. The van der Waals surface area contributed by atoms with Gasteiger partial charge >= 0.3 is 37.0 Å². The first kappa shape index (κ1) is 5.02. The van der Waals surface area contributed by atoms with Gasteiger partial charge < -0.3 is 0 Å². The Hall–Kier alpha value is 1.02. The van der Waals surface area contributed by atoms with Crippen LogP contribution >= 0.6 is 9.29 Å². The van der Waals surface area contributed by atoms with E-state index in [0.717, 1.165) is 0 Å². The maximum absolute atomic E-state index is 4.82. The van der Waals surface area contributed by atoms with Crippen LogP contribution in [0.25, 0.3) is 0 Å². The monoisotopic (exact) mass is 182 g/mol. The van der Waals surface area contributed by atoms with Gasteiger partial charge in [0.05, 0.1) is 0 Å². The van der Waals surface area contributed by atoms with Crippen molar-refractivity contribution in [1.29, 1.82) is 0 Å². The molecule has 0 radical (unpaired) electrons. The van der Waals surface area contributed by atoms with Gasteiger partial charge in [-0.1, -0.05) is 0 Å². The summed E-state index contributed by atoms with van der Waals surface area (Å²) < 4.78 is 0. The summed E-state index contributed by atoms with van der Waals surface area (Å²) in [5, 5.41) is 0. The van der Waals surface area contributed by atoms with Gasteiger partial charge in [-0.2, -0.15) is 0 Å². The van der Waals surface area contributed by atoms with Crippen molar-refractivity contribution in [2.45, 2.75) is 9.88 Å². The second-order valence-corrected chi connectivity index (χ2v) is 11.6. The van der Waals surface area contributed by atoms with Crippen LogP contribution < -0.4 is 0 Å². The summed E-state index contributed by atoms with van der Waals surface area (Å²) in [6.45, 7) is 0. The molecule has 0 aromatic heterocycles. The van der Waals surface area contributed by atoms with Crippen molar-refractivity contribution in [1.82, 2.24) is 0 Å². The van der Waals surface area contributed by atoms with Crippen molar-refractivity contribution in [2.24, 2.45) is 0 Å². The van der Waals surface area contributed by atoms with Crippen LogP contribution in [-0.2, 0) is 0 Å². The summed E-state index contributed by atoms with van der Waals surface area (Å²) in [7, 11) is 4.82. The fraction of sp³-hybridized carbons (Fsp3) is 1.00. The van der Waals surface area contributed by atoms with Gasteiger partial charge in [-0.25, -0.2) is 0 Å². The van der Waals surface area contributed by atoms with Crippen LogP contribution in [0, 0.1) is 0 Å². The molecule has 0 aromatic rings. The van der Waals surface area contributed by atoms with E-state index in [2.05, 4.69) is 9.88 Å². The fourth-order valence-corrected chi connectivity index (χ4v) is 0. The molecule has 0 amide bonds. The van der Waals surface area contributed by atoms with Crippen LogP contribution in [-0.4, -0.2) is 17.8 Å². The van der Waals surface area contributed by atoms with E-state index < -0.39 is 17.8 Å². The summed E-state index contributed by atoms with van der Waals surface area (Å²) in [5.41, 5.74) is 0. The molecule has 2 heteroatoms. The third kappa shape index (κ3) is 11.9. The number of hydrogen-bond acceptors (Lipinski definition) is 1. The molecule has 0 nitrogen and oxygen atoms in total. The first-order valence-electron chi connectivity index (χ1n) is 1.20. The van der Waals surface area contributed by atoms with Crippen molar-refractivity contribution in [3.8, 4) is 0 Å². The van der Waals surface area contributed by atoms with E-state index in [1.54, 1.807) is 0 Å². The zero-order chi connectivity index (χ0) is 3.58. The Labute approximate surface area is 37.1 Å². The van der Waals surface area contributed by atoms with Crippen molar-refractivity contribution >= 4 is 27.1 Å². The second kappa shape index (κ2) is 2.27. The molecule has 0 fully saturated rings. The van der Waals surface area contributed by atoms with Gasteiger partial charge in [0.2, 0.25) is 0 Å². The second-order valence-electron chi connectivity index (χ2n) is 0.908. The van der Waals surface area contributed by atoms with Crippen molar-refractivity contribution < 1.29 is 0 Å². The maximum atomic E-state index is 4.82. The molecule has 24 valence electrons. The molecule has 0 bridgehead atoms. The van der Waals surface area contributed by atoms with E-state index in [0.29, 0.717) is 0 Å². The summed E-state index contributed by atoms with van der Waals surface area (Å²) in [4.78, 5) is 4.36. The van der Waals surface area contributed by atoms with Gasteiger partial charge in [0.15, 0.2) is 0 Å². The summed E-state index contributed by atoms with van der Waals surface area (Å²) in [6, 6.07) is 0. The Morgan fingerprint density at radius 2 is 1.50 bits per heavy atom. The first-order chi connectivity index (χ1) is 1.73. The Morgan fingerprint density at radius 1 is 1.50 bits per heavy atom. The number of hydrogen-bond donors (Lipinski definition) is 0. The van der Waals surface area contributed by atoms with E-state index in [9.17, 15) is 0 Å². The predicted octanol–water partition coefficient (Wildman–Crippen LogP) is 1.43. The van der Waals surface area contributed by atoms with Crippen LogP contribution in [0.2, 0.25) is 9.88 Å². The Bertz CT molecular complexity index is 29.0. The molecule has 0 saturated heterocycles. The molecule has 0 saturated carbocycles. The van der Waals surface area contributed by atoms with E-state index >= 15 is 0 Å². The third-order valence-corrected chi connectivity index (χ3v) is 0.